The van der Waals surface area contributed by atoms with Gasteiger partial charge in [-0.3, -0.25) is 4.79 Å². The molecule has 4 aliphatic rings. The van der Waals surface area contributed by atoms with Crippen molar-refractivity contribution in [1.82, 2.24) is 10.2 Å². The maximum Gasteiger partial charge on any atom is 0.277 e. The molecule has 1 aromatic carbocycles. The van der Waals surface area contributed by atoms with Gasteiger partial charge in [0.1, 0.15) is 5.82 Å². The number of Topliss-reactive ketones (excluding diaryl/α,β-unsaturated/α-hetero) is 1. The van der Waals surface area contributed by atoms with Crippen LogP contribution in [0.15, 0.2) is 33.9 Å². The van der Waals surface area contributed by atoms with Crippen molar-refractivity contribution in [3.05, 3.63) is 41.5 Å². The minimum Gasteiger partial charge on any atom is -0.415 e. The first kappa shape index (κ1) is 16.5. The summed E-state index contributed by atoms with van der Waals surface area (Å²) in [6, 6.07) is 5.62. The summed E-state index contributed by atoms with van der Waals surface area (Å²) in [5.41, 5.74) is 0.585. The number of thioether (sulfide) groups is 1. The van der Waals surface area contributed by atoms with E-state index in [4.69, 9.17) is 4.42 Å². The second kappa shape index (κ2) is 6.19. The molecule has 0 radical (unpaired) electrons. The van der Waals surface area contributed by atoms with Crippen molar-refractivity contribution in [2.24, 2.45) is 17.8 Å². The first-order valence-corrected chi connectivity index (χ1v) is 10.3. The third-order valence-corrected chi connectivity index (χ3v) is 7.21. The number of carbonyl (C=O) groups excluding carboxylic acids is 1. The lowest BCUT2D eigenvalue weighted by Crippen LogP contribution is -2.48. The molecule has 0 atom stereocenters. The molecule has 136 valence electrons. The van der Waals surface area contributed by atoms with E-state index in [-0.39, 0.29) is 22.8 Å². The summed E-state index contributed by atoms with van der Waals surface area (Å²) in [7, 11) is 0. The standard InChI is InChI=1S/C20H21FN2O2S/c21-16-3-1-15(2-4-16)17(24)11-26-19-23-22-18(25-19)20-8-12-5-13(9-20)7-14(6-12)10-20/h1-4,12-14H,5-11H2. The molecule has 6 rings (SSSR count). The van der Waals surface area contributed by atoms with Gasteiger partial charge in [0.25, 0.3) is 5.22 Å². The van der Waals surface area contributed by atoms with Gasteiger partial charge in [-0.25, -0.2) is 4.39 Å². The monoisotopic (exact) mass is 372 g/mol. The van der Waals surface area contributed by atoms with E-state index in [2.05, 4.69) is 10.2 Å². The smallest absolute Gasteiger partial charge is 0.277 e. The van der Waals surface area contributed by atoms with Crippen molar-refractivity contribution in [2.75, 3.05) is 5.75 Å². The molecule has 6 heteroatoms. The Kier molecular flexibility index (Phi) is 3.92. The van der Waals surface area contributed by atoms with Crippen LogP contribution >= 0.6 is 11.8 Å². The Morgan fingerprint density at radius 2 is 1.69 bits per heavy atom. The number of halogens is 1. The quantitative estimate of drug-likeness (QED) is 0.565. The van der Waals surface area contributed by atoms with E-state index in [1.165, 1.54) is 74.6 Å². The number of ketones is 1. The number of hydrogen-bond donors (Lipinski definition) is 0. The van der Waals surface area contributed by atoms with E-state index < -0.39 is 0 Å². The molecule has 1 aromatic heterocycles. The van der Waals surface area contributed by atoms with Crippen molar-refractivity contribution >= 4 is 17.5 Å². The normalized spacial score (nSPS) is 32.1. The molecule has 4 fully saturated rings. The fourth-order valence-corrected chi connectivity index (χ4v) is 6.36. The van der Waals surface area contributed by atoms with Crippen LogP contribution in [0.3, 0.4) is 0 Å². The van der Waals surface area contributed by atoms with Gasteiger partial charge in [0.15, 0.2) is 5.78 Å². The lowest BCUT2D eigenvalue weighted by molar-refractivity contribution is -0.0191. The van der Waals surface area contributed by atoms with E-state index in [1.807, 2.05) is 0 Å². The van der Waals surface area contributed by atoms with Gasteiger partial charge in [-0.1, -0.05) is 11.8 Å². The zero-order valence-corrected chi connectivity index (χ0v) is 15.3. The maximum atomic E-state index is 13.0. The number of rotatable bonds is 5. The molecular formula is C20H21FN2O2S. The molecule has 0 N–H and O–H groups in total. The van der Waals surface area contributed by atoms with E-state index >= 15 is 0 Å². The van der Waals surface area contributed by atoms with Crippen molar-refractivity contribution in [1.29, 1.82) is 0 Å². The van der Waals surface area contributed by atoms with Crippen LogP contribution in [-0.4, -0.2) is 21.7 Å². The number of aromatic nitrogens is 2. The Labute approximate surface area is 156 Å². The molecule has 0 amide bonds. The van der Waals surface area contributed by atoms with Crippen molar-refractivity contribution in [3.63, 3.8) is 0 Å². The minimum atomic E-state index is -0.341. The summed E-state index contributed by atoms with van der Waals surface area (Å²) in [6.07, 6.45) is 7.67. The van der Waals surface area contributed by atoms with E-state index in [1.54, 1.807) is 0 Å². The third kappa shape index (κ3) is 2.88. The Morgan fingerprint density at radius 1 is 1.08 bits per heavy atom. The van der Waals surface area contributed by atoms with Crippen LogP contribution in [0.5, 0.6) is 0 Å². The Balaban J connectivity index is 1.27. The van der Waals surface area contributed by atoms with E-state index in [0.29, 0.717) is 10.8 Å². The summed E-state index contributed by atoms with van der Waals surface area (Å²) in [5, 5.41) is 9.02. The lowest BCUT2D eigenvalue weighted by Gasteiger charge is -2.55. The molecule has 0 aliphatic heterocycles. The second-order valence-electron chi connectivity index (χ2n) is 8.29. The highest BCUT2D eigenvalue weighted by molar-refractivity contribution is 7.99. The van der Waals surface area contributed by atoms with Crippen molar-refractivity contribution in [3.8, 4) is 0 Å². The summed E-state index contributed by atoms with van der Waals surface area (Å²) in [5.74, 6) is 3.07. The summed E-state index contributed by atoms with van der Waals surface area (Å²) in [6.45, 7) is 0. The number of carbonyl (C=O) groups is 1. The van der Waals surface area contributed by atoms with Crippen LogP contribution in [0.2, 0.25) is 0 Å². The van der Waals surface area contributed by atoms with E-state index in [0.717, 1.165) is 23.6 Å². The average Bonchev–Trinajstić information content (AvgIpc) is 3.09. The first-order valence-electron chi connectivity index (χ1n) is 9.35. The molecule has 4 saturated carbocycles. The van der Waals surface area contributed by atoms with Gasteiger partial charge in [0.2, 0.25) is 5.89 Å². The molecule has 4 nitrogen and oxygen atoms in total. The van der Waals surface area contributed by atoms with Crippen LogP contribution in [-0.2, 0) is 5.41 Å². The lowest BCUT2D eigenvalue weighted by atomic mass is 9.49. The Morgan fingerprint density at radius 3 is 2.31 bits per heavy atom. The van der Waals surface area contributed by atoms with Crippen LogP contribution in [0, 0.1) is 23.6 Å². The van der Waals surface area contributed by atoms with E-state index in [9.17, 15) is 9.18 Å². The van der Waals surface area contributed by atoms with Gasteiger partial charge in [-0.15, -0.1) is 10.2 Å². The van der Waals surface area contributed by atoms with Crippen LogP contribution in [0.1, 0.15) is 54.8 Å². The topological polar surface area (TPSA) is 56.0 Å². The highest BCUT2D eigenvalue weighted by Gasteiger charge is 2.54. The largest absolute Gasteiger partial charge is 0.415 e. The Hall–Kier alpha value is -1.69. The van der Waals surface area contributed by atoms with Crippen LogP contribution in [0.4, 0.5) is 4.39 Å². The predicted octanol–water partition coefficient (Wildman–Crippen LogP) is 4.65. The highest BCUT2D eigenvalue weighted by atomic mass is 32.2. The van der Waals surface area contributed by atoms with Crippen molar-refractivity contribution < 1.29 is 13.6 Å². The first-order chi connectivity index (χ1) is 12.6. The second-order valence-corrected chi connectivity index (χ2v) is 9.22. The molecule has 4 bridgehead atoms. The van der Waals surface area contributed by atoms with Crippen LogP contribution < -0.4 is 0 Å². The molecule has 0 spiro atoms. The van der Waals surface area contributed by atoms with Gasteiger partial charge < -0.3 is 4.42 Å². The number of benzene rings is 1. The summed E-state index contributed by atoms with van der Waals surface area (Å²) >= 11 is 1.27. The van der Waals surface area contributed by atoms with Gasteiger partial charge >= 0.3 is 0 Å². The molecule has 0 unspecified atom stereocenters. The molecule has 0 saturated heterocycles. The average molecular weight is 372 g/mol. The molecule has 26 heavy (non-hydrogen) atoms. The fraction of sp³-hybridized carbons (Fsp3) is 0.550. The zero-order valence-electron chi connectivity index (χ0n) is 14.5. The molecule has 4 aliphatic carbocycles. The molecule has 1 heterocycles. The van der Waals surface area contributed by atoms with Crippen molar-refractivity contribution in [2.45, 2.75) is 49.2 Å². The number of hydrogen-bond acceptors (Lipinski definition) is 5. The fourth-order valence-electron chi connectivity index (χ4n) is 5.70. The number of nitrogens with zero attached hydrogens (tertiary/aromatic N) is 2. The van der Waals surface area contributed by atoms with Gasteiger partial charge in [-0.05, 0) is 80.5 Å². The van der Waals surface area contributed by atoms with Crippen LogP contribution in [0.25, 0.3) is 0 Å². The predicted molar refractivity (Wildman–Crippen MR) is 95.6 cm³/mol. The SMILES string of the molecule is O=C(CSc1nnc(C23CC4CC(CC(C4)C2)C3)o1)c1ccc(F)cc1. The highest BCUT2D eigenvalue weighted by Crippen LogP contribution is 2.60. The minimum absolute atomic E-state index is 0.0652. The zero-order chi connectivity index (χ0) is 17.7. The maximum absolute atomic E-state index is 13.0. The summed E-state index contributed by atoms with van der Waals surface area (Å²) < 4.78 is 19.0. The van der Waals surface area contributed by atoms with Gasteiger partial charge in [0.05, 0.1) is 5.75 Å². The molecule has 2 aromatic rings. The van der Waals surface area contributed by atoms with Gasteiger partial charge in [0, 0.05) is 11.0 Å². The van der Waals surface area contributed by atoms with Gasteiger partial charge in [-0.2, -0.15) is 0 Å². The Bertz CT molecular complexity index is 797. The molecular weight excluding hydrogens is 351 g/mol. The summed E-state index contributed by atoms with van der Waals surface area (Å²) in [4.78, 5) is 12.2. The third-order valence-electron chi connectivity index (χ3n) is 6.39.